The summed E-state index contributed by atoms with van der Waals surface area (Å²) >= 11 is 7.12. The third kappa shape index (κ3) is 1.76. The number of aromatic nitrogens is 2. The lowest BCUT2D eigenvalue weighted by Crippen LogP contribution is -2.16. The summed E-state index contributed by atoms with van der Waals surface area (Å²) in [4.78, 5) is 19.2. The van der Waals surface area contributed by atoms with Gasteiger partial charge in [0.15, 0.2) is 5.16 Å². The predicted molar refractivity (Wildman–Crippen MR) is 84.1 cm³/mol. The predicted octanol–water partition coefficient (Wildman–Crippen LogP) is 3.38. The van der Waals surface area contributed by atoms with Crippen LogP contribution in [0.5, 0.6) is 0 Å². The smallest absolute Gasteiger partial charge is 0.282 e. The summed E-state index contributed by atoms with van der Waals surface area (Å²) < 4.78 is 2.29. The number of hydrogen-bond acceptors (Lipinski definition) is 4. The van der Waals surface area contributed by atoms with Crippen LogP contribution in [0.3, 0.4) is 0 Å². The maximum Gasteiger partial charge on any atom is 0.282 e. The summed E-state index contributed by atoms with van der Waals surface area (Å²) in [5, 5.41) is 2.74. The Morgan fingerprint density at radius 2 is 2.21 bits per heavy atom. The molecule has 0 N–H and O–H groups in total. The van der Waals surface area contributed by atoms with Crippen molar-refractivity contribution < 1.29 is 0 Å². The molecule has 0 radical (unpaired) electrons. The van der Waals surface area contributed by atoms with Crippen LogP contribution in [-0.4, -0.2) is 20.6 Å². The molecule has 0 aromatic carbocycles. The Balaban J connectivity index is 2.09. The Kier molecular flexibility index (Phi) is 3.01. The standard InChI is InChI=1S/C13H13BrN2OS2/c14-5-7-6-18-13-15-11(17)10-8-3-1-2-4-9(8)19-12(10)16(7)13/h7H,1-6H2/t7-/m0/s1. The van der Waals surface area contributed by atoms with Crippen LogP contribution in [0, 0.1) is 0 Å². The zero-order chi connectivity index (χ0) is 13.0. The van der Waals surface area contributed by atoms with Gasteiger partial charge in [0.25, 0.3) is 5.56 Å². The number of aryl methyl sites for hydroxylation is 2. The van der Waals surface area contributed by atoms with E-state index >= 15 is 0 Å². The molecule has 3 heterocycles. The van der Waals surface area contributed by atoms with Gasteiger partial charge < -0.3 is 4.57 Å². The first-order valence-corrected chi connectivity index (χ1v) is 9.47. The third-order valence-electron chi connectivity index (χ3n) is 3.94. The fraction of sp³-hybridized carbons (Fsp3) is 0.538. The first kappa shape index (κ1) is 12.4. The van der Waals surface area contributed by atoms with E-state index in [-0.39, 0.29) is 5.56 Å². The fourth-order valence-corrected chi connectivity index (χ4v) is 6.48. The Morgan fingerprint density at radius 3 is 3.05 bits per heavy atom. The average molecular weight is 357 g/mol. The second-order valence-electron chi connectivity index (χ2n) is 5.08. The molecule has 0 spiro atoms. The van der Waals surface area contributed by atoms with E-state index in [2.05, 4.69) is 25.5 Å². The van der Waals surface area contributed by atoms with Crippen molar-refractivity contribution in [3.8, 4) is 0 Å². The van der Waals surface area contributed by atoms with Gasteiger partial charge in [0, 0.05) is 16.0 Å². The number of thiophene rings is 1. The van der Waals surface area contributed by atoms with Gasteiger partial charge in [-0.05, 0) is 31.2 Å². The minimum atomic E-state index is -0.0108. The lowest BCUT2D eigenvalue weighted by molar-refractivity contribution is 0.598. The molecule has 1 aliphatic carbocycles. The summed E-state index contributed by atoms with van der Waals surface area (Å²) in [7, 11) is 0. The molecule has 2 aliphatic rings. The highest BCUT2D eigenvalue weighted by molar-refractivity contribution is 9.09. The molecule has 3 nitrogen and oxygen atoms in total. The highest BCUT2D eigenvalue weighted by atomic mass is 79.9. The van der Waals surface area contributed by atoms with Crippen LogP contribution in [-0.2, 0) is 12.8 Å². The Bertz CT molecular complexity index is 721. The molecule has 0 unspecified atom stereocenters. The van der Waals surface area contributed by atoms with Crippen molar-refractivity contribution in [2.24, 2.45) is 0 Å². The quantitative estimate of drug-likeness (QED) is 0.580. The van der Waals surface area contributed by atoms with Crippen LogP contribution < -0.4 is 5.56 Å². The highest BCUT2D eigenvalue weighted by Crippen LogP contribution is 2.41. The molecule has 2 aromatic rings. The zero-order valence-corrected chi connectivity index (χ0v) is 13.5. The molecule has 4 rings (SSSR count). The van der Waals surface area contributed by atoms with Crippen molar-refractivity contribution in [2.75, 3.05) is 11.1 Å². The number of hydrogen-bond donors (Lipinski definition) is 0. The molecule has 0 saturated heterocycles. The normalized spacial score (nSPS) is 21.6. The van der Waals surface area contributed by atoms with E-state index in [1.54, 1.807) is 11.8 Å². The van der Waals surface area contributed by atoms with E-state index in [1.807, 2.05) is 11.3 Å². The van der Waals surface area contributed by atoms with Gasteiger partial charge in [0.2, 0.25) is 0 Å². The lowest BCUT2D eigenvalue weighted by atomic mass is 9.97. The molecular formula is C13H13BrN2OS2. The number of fused-ring (bicyclic) bond motifs is 5. The number of thioether (sulfide) groups is 1. The van der Waals surface area contributed by atoms with E-state index in [0.717, 1.165) is 39.3 Å². The monoisotopic (exact) mass is 356 g/mol. The number of nitrogens with zero attached hydrogens (tertiary/aromatic N) is 2. The van der Waals surface area contributed by atoms with E-state index < -0.39 is 0 Å². The maximum absolute atomic E-state index is 12.3. The Hall–Kier alpha value is -0.330. The van der Waals surface area contributed by atoms with Crippen molar-refractivity contribution in [3.05, 3.63) is 20.8 Å². The Morgan fingerprint density at radius 1 is 1.37 bits per heavy atom. The molecule has 0 saturated carbocycles. The molecule has 19 heavy (non-hydrogen) atoms. The molecule has 0 fully saturated rings. The number of halogens is 1. The van der Waals surface area contributed by atoms with E-state index in [4.69, 9.17) is 0 Å². The van der Waals surface area contributed by atoms with Crippen LogP contribution in [0.2, 0.25) is 0 Å². The number of alkyl halides is 1. The minimum absolute atomic E-state index is 0.0108. The molecule has 6 heteroatoms. The van der Waals surface area contributed by atoms with Crippen molar-refractivity contribution in [1.29, 1.82) is 0 Å². The van der Waals surface area contributed by atoms with Crippen LogP contribution in [0.15, 0.2) is 9.95 Å². The largest absolute Gasteiger partial charge is 0.307 e. The maximum atomic E-state index is 12.3. The van der Waals surface area contributed by atoms with Gasteiger partial charge >= 0.3 is 0 Å². The van der Waals surface area contributed by atoms with E-state index in [1.165, 1.54) is 23.3 Å². The molecule has 0 bridgehead atoms. The first-order chi connectivity index (χ1) is 9.29. The molecule has 2 aromatic heterocycles. The molecule has 100 valence electrons. The lowest BCUT2D eigenvalue weighted by Gasteiger charge is -2.12. The Labute approximate surface area is 127 Å². The number of rotatable bonds is 1. The average Bonchev–Trinajstić information content (AvgIpc) is 2.98. The van der Waals surface area contributed by atoms with Gasteiger partial charge in [-0.15, -0.1) is 11.3 Å². The molecular weight excluding hydrogens is 344 g/mol. The van der Waals surface area contributed by atoms with Crippen molar-refractivity contribution >= 4 is 49.2 Å². The minimum Gasteiger partial charge on any atom is -0.307 e. The summed E-state index contributed by atoms with van der Waals surface area (Å²) in [5.74, 6) is 1.01. The highest BCUT2D eigenvalue weighted by Gasteiger charge is 2.29. The van der Waals surface area contributed by atoms with Gasteiger partial charge in [-0.2, -0.15) is 4.98 Å². The van der Waals surface area contributed by atoms with E-state index in [9.17, 15) is 4.79 Å². The van der Waals surface area contributed by atoms with Gasteiger partial charge in [0.05, 0.1) is 11.4 Å². The first-order valence-electron chi connectivity index (χ1n) is 6.55. The molecule has 1 aliphatic heterocycles. The van der Waals surface area contributed by atoms with Crippen LogP contribution >= 0.6 is 39.0 Å². The van der Waals surface area contributed by atoms with Crippen LogP contribution in [0.1, 0.15) is 29.3 Å². The van der Waals surface area contributed by atoms with Crippen molar-refractivity contribution in [1.82, 2.24) is 9.55 Å². The summed E-state index contributed by atoms with van der Waals surface area (Å²) in [5.41, 5.74) is 1.28. The molecule has 0 amide bonds. The summed E-state index contributed by atoms with van der Waals surface area (Å²) in [6.45, 7) is 0. The van der Waals surface area contributed by atoms with Crippen molar-refractivity contribution in [3.63, 3.8) is 0 Å². The van der Waals surface area contributed by atoms with Crippen LogP contribution in [0.25, 0.3) is 10.2 Å². The summed E-state index contributed by atoms with van der Waals surface area (Å²) in [6.07, 6.45) is 4.65. The fourth-order valence-electron chi connectivity index (χ4n) is 3.01. The summed E-state index contributed by atoms with van der Waals surface area (Å²) in [6, 6.07) is 0.427. The van der Waals surface area contributed by atoms with Crippen molar-refractivity contribution in [2.45, 2.75) is 36.9 Å². The van der Waals surface area contributed by atoms with Gasteiger partial charge in [-0.3, -0.25) is 4.79 Å². The zero-order valence-electron chi connectivity index (χ0n) is 10.3. The van der Waals surface area contributed by atoms with Gasteiger partial charge in [0.1, 0.15) is 4.83 Å². The molecule has 1 atom stereocenters. The second-order valence-corrected chi connectivity index (χ2v) is 7.80. The van der Waals surface area contributed by atoms with Gasteiger partial charge in [-0.1, -0.05) is 27.7 Å². The second kappa shape index (κ2) is 4.60. The van der Waals surface area contributed by atoms with Gasteiger partial charge in [-0.25, -0.2) is 0 Å². The third-order valence-corrected chi connectivity index (χ3v) is 7.07. The SMILES string of the molecule is O=c1nc2n(c3sc4c(c13)CCCC4)[C@@H](CBr)CS2. The van der Waals surface area contributed by atoms with Crippen LogP contribution in [0.4, 0.5) is 0 Å². The topological polar surface area (TPSA) is 34.9 Å². The van der Waals surface area contributed by atoms with E-state index in [0.29, 0.717) is 6.04 Å².